The molecule has 0 N–H and O–H groups in total. The number of alkyl halides is 3. The van der Waals surface area contributed by atoms with Crippen LogP contribution in [-0.4, -0.2) is 24.1 Å². The zero-order chi connectivity index (χ0) is 13.9. The molecule has 0 aliphatic carbocycles. The van der Waals surface area contributed by atoms with Crippen LogP contribution in [0.5, 0.6) is 5.75 Å². The van der Waals surface area contributed by atoms with Gasteiger partial charge in [0.15, 0.2) is 0 Å². The van der Waals surface area contributed by atoms with E-state index in [9.17, 15) is 18.0 Å². The third-order valence-electron chi connectivity index (χ3n) is 3.00. The Morgan fingerprint density at radius 3 is 2.16 bits per heavy atom. The summed E-state index contributed by atoms with van der Waals surface area (Å²) in [6.45, 7) is 1.28. The Hall–Kier alpha value is -1.72. The van der Waals surface area contributed by atoms with Crippen molar-refractivity contribution in [3.63, 3.8) is 0 Å². The molecule has 1 aliphatic rings. The number of hydrogen-bond acceptors (Lipinski definition) is 2. The lowest BCUT2D eigenvalue weighted by Crippen LogP contribution is -2.37. The van der Waals surface area contributed by atoms with E-state index in [2.05, 4.69) is 0 Å². The molecular weight excluding hydrogens is 259 g/mol. The highest BCUT2D eigenvalue weighted by atomic mass is 19.4. The van der Waals surface area contributed by atoms with Crippen LogP contribution in [0.1, 0.15) is 24.8 Å². The van der Waals surface area contributed by atoms with Gasteiger partial charge in [0.25, 0.3) is 0 Å². The van der Waals surface area contributed by atoms with E-state index in [4.69, 9.17) is 4.74 Å². The first-order valence-electron chi connectivity index (χ1n) is 6.11. The van der Waals surface area contributed by atoms with Crippen LogP contribution in [0.2, 0.25) is 0 Å². The smallest absolute Gasteiger partial charge is 0.410 e. The van der Waals surface area contributed by atoms with E-state index in [1.165, 1.54) is 0 Å². The van der Waals surface area contributed by atoms with Crippen molar-refractivity contribution in [2.75, 3.05) is 13.1 Å². The quantitative estimate of drug-likeness (QED) is 0.781. The van der Waals surface area contributed by atoms with Gasteiger partial charge in [0, 0.05) is 13.1 Å². The molecule has 1 aliphatic heterocycles. The highest BCUT2D eigenvalue weighted by molar-refractivity contribution is 5.70. The highest BCUT2D eigenvalue weighted by Gasteiger charge is 2.30. The minimum absolute atomic E-state index is 0.128. The van der Waals surface area contributed by atoms with Gasteiger partial charge in [0.2, 0.25) is 0 Å². The second-order valence-electron chi connectivity index (χ2n) is 4.44. The number of nitrogens with zero attached hydrogens (tertiary/aromatic N) is 1. The third kappa shape index (κ3) is 3.62. The zero-order valence-electron chi connectivity index (χ0n) is 10.2. The van der Waals surface area contributed by atoms with E-state index in [-0.39, 0.29) is 5.75 Å². The van der Waals surface area contributed by atoms with Crippen molar-refractivity contribution in [1.29, 1.82) is 0 Å². The summed E-state index contributed by atoms with van der Waals surface area (Å²) in [6, 6.07) is 4.12. The molecule has 1 fully saturated rings. The molecule has 6 heteroatoms. The van der Waals surface area contributed by atoms with Crippen molar-refractivity contribution >= 4 is 6.09 Å². The Bertz CT molecular complexity index is 436. The molecule has 0 bridgehead atoms. The molecule has 3 nitrogen and oxygen atoms in total. The van der Waals surface area contributed by atoms with E-state index >= 15 is 0 Å². The lowest BCUT2D eigenvalue weighted by Gasteiger charge is -2.25. The van der Waals surface area contributed by atoms with Crippen LogP contribution in [0.25, 0.3) is 0 Å². The van der Waals surface area contributed by atoms with Crippen LogP contribution in [0.4, 0.5) is 18.0 Å². The number of ether oxygens (including phenoxy) is 1. The molecule has 1 aromatic rings. The lowest BCUT2D eigenvalue weighted by molar-refractivity contribution is -0.137. The van der Waals surface area contributed by atoms with Gasteiger partial charge >= 0.3 is 12.3 Å². The van der Waals surface area contributed by atoms with Gasteiger partial charge in [-0.1, -0.05) is 0 Å². The van der Waals surface area contributed by atoms with E-state index < -0.39 is 17.8 Å². The molecule has 0 saturated carbocycles. The molecule has 1 saturated heterocycles. The Balaban J connectivity index is 1.97. The van der Waals surface area contributed by atoms with Crippen LogP contribution >= 0.6 is 0 Å². The number of piperidine rings is 1. The molecule has 0 radical (unpaired) electrons. The maximum Gasteiger partial charge on any atom is 0.416 e. The summed E-state index contributed by atoms with van der Waals surface area (Å²) in [5, 5.41) is 0. The summed E-state index contributed by atoms with van der Waals surface area (Å²) in [5.41, 5.74) is -0.759. The van der Waals surface area contributed by atoms with E-state index in [0.717, 1.165) is 43.5 Å². The summed E-state index contributed by atoms with van der Waals surface area (Å²) in [4.78, 5) is 13.3. The van der Waals surface area contributed by atoms with E-state index in [1.54, 1.807) is 4.90 Å². The maximum atomic E-state index is 12.4. The Morgan fingerprint density at radius 2 is 1.63 bits per heavy atom. The van der Waals surface area contributed by atoms with Gasteiger partial charge in [-0.05, 0) is 43.5 Å². The van der Waals surface area contributed by atoms with Gasteiger partial charge < -0.3 is 9.64 Å². The number of hydrogen-bond donors (Lipinski definition) is 0. The summed E-state index contributed by atoms with van der Waals surface area (Å²) < 4.78 is 42.1. The van der Waals surface area contributed by atoms with E-state index in [1.807, 2.05) is 0 Å². The summed E-state index contributed by atoms with van der Waals surface area (Å²) in [7, 11) is 0. The Kier molecular flexibility index (Phi) is 3.97. The second kappa shape index (κ2) is 5.50. The van der Waals surface area contributed by atoms with Crippen molar-refractivity contribution < 1.29 is 22.7 Å². The Labute approximate surface area is 109 Å². The third-order valence-corrected chi connectivity index (χ3v) is 3.00. The topological polar surface area (TPSA) is 29.5 Å². The van der Waals surface area contributed by atoms with Gasteiger partial charge in [-0.2, -0.15) is 13.2 Å². The first-order valence-corrected chi connectivity index (χ1v) is 6.11. The molecule has 104 valence electrons. The molecule has 0 spiro atoms. The number of likely N-dealkylation sites (tertiary alicyclic amines) is 1. The molecule has 2 rings (SSSR count). The van der Waals surface area contributed by atoms with Crippen LogP contribution < -0.4 is 4.74 Å². The van der Waals surface area contributed by atoms with Gasteiger partial charge in [-0.15, -0.1) is 0 Å². The largest absolute Gasteiger partial charge is 0.416 e. The molecule has 0 unspecified atom stereocenters. The molecule has 1 heterocycles. The molecular formula is C13H14F3NO2. The van der Waals surface area contributed by atoms with Gasteiger partial charge in [-0.3, -0.25) is 0 Å². The zero-order valence-corrected chi connectivity index (χ0v) is 10.2. The number of rotatable bonds is 1. The monoisotopic (exact) mass is 273 g/mol. The number of benzene rings is 1. The average Bonchev–Trinajstić information content (AvgIpc) is 2.39. The Morgan fingerprint density at radius 1 is 1.05 bits per heavy atom. The molecule has 1 amide bonds. The fraction of sp³-hybridized carbons (Fsp3) is 0.462. The average molecular weight is 273 g/mol. The minimum atomic E-state index is -4.38. The molecule has 0 aromatic heterocycles. The minimum Gasteiger partial charge on any atom is -0.410 e. The van der Waals surface area contributed by atoms with Gasteiger partial charge in [0.1, 0.15) is 5.75 Å². The van der Waals surface area contributed by atoms with Crippen molar-refractivity contribution in [1.82, 2.24) is 4.90 Å². The van der Waals surface area contributed by atoms with Crippen LogP contribution in [-0.2, 0) is 6.18 Å². The maximum absolute atomic E-state index is 12.4. The molecule has 0 atom stereocenters. The summed E-state index contributed by atoms with van der Waals surface area (Å²) >= 11 is 0. The van der Waals surface area contributed by atoms with Crippen LogP contribution in [0.3, 0.4) is 0 Å². The number of carbonyl (C=O) groups is 1. The highest BCUT2D eigenvalue weighted by Crippen LogP contribution is 2.30. The second-order valence-corrected chi connectivity index (χ2v) is 4.44. The van der Waals surface area contributed by atoms with Crippen molar-refractivity contribution in [2.45, 2.75) is 25.4 Å². The van der Waals surface area contributed by atoms with Crippen molar-refractivity contribution in [3.8, 4) is 5.75 Å². The van der Waals surface area contributed by atoms with Crippen LogP contribution in [0, 0.1) is 0 Å². The van der Waals surface area contributed by atoms with Gasteiger partial charge in [-0.25, -0.2) is 4.79 Å². The van der Waals surface area contributed by atoms with Crippen molar-refractivity contribution in [2.24, 2.45) is 0 Å². The van der Waals surface area contributed by atoms with Crippen molar-refractivity contribution in [3.05, 3.63) is 29.8 Å². The first kappa shape index (κ1) is 13.7. The first-order chi connectivity index (χ1) is 8.97. The number of amides is 1. The van der Waals surface area contributed by atoms with Gasteiger partial charge in [0.05, 0.1) is 5.56 Å². The molecule has 19 heavy (non-hydrogen) atoms. The summed E-state index contributed by atoms with van der Waals surface area (Å²) in [5.74, 6) is 0.128. The SMILES string of the molecule is O=C(Oc1ccc(C(F)(F)F)cc1)N1CCCCC1. The van der Waals surface area contributed by atoms with Crippen LogP contribution in [0.15, 0.2) is 24.3 Å². The number of halogens is 3. The predicted molar refractivity (Wildman–Crippen MR) is 62.9 cm³/mol. The molecule has 1 aromatic carbocycles. The fourth-order valence-electron chi connectivity index (χ4n) is 1.95. The standard InChI is InChI=1S/C13H14F3NO2/c14-13(15,16)10-4-6-11(7-5-10)19-12(18)17-8-2-1-3-9-17/h4-7H,1-3,8-9H2. The van der Waals surface area contributed by atoms with E-state index in [0.29, 0.717) is 13.1 Å². The summed E-state index contributed by atoms with van der Waals surface area (Å²) in [6.07, 6.45) is -1.93. The normalized spacial score (nSPS) is 16.3. The predicted octanol–water partition coefficient (Wildman–Crippen LogP) is 3.69. The lowest BCUT2D eigenvalue weighted by atomic mass is 10.1. The fourth-order valence-corrected chi connectivity index (χ4v) is 1.95. The number of carbonyl (C=O) groups excluding carboxylic acids is 1.